The zero-order valence-electron chi connectivity index (χ0n) is 11.8. The monoisotopic (exact) mass is 246 g/mol. The molecule has 0 rings (SSSR count). The third-order valence-corrected chi connectivity index (χ3v) is 2.69. The molecule has 0 unspecified atom stereocenters. The van der Waals surface area contributed by atoms with Crippen molar-refractivity contribution < 1.29 is 9.47 Å². The second-order valence-corrected chi connectivity index (χ2v) is 4.28. The summed E-state index contributed by atoms with van der Waals surface area (Å²) in [5.74, 6) is 0. The molecule has 0 fully saturated rings. The molecule has 0 saturated heterocycles. The molecule has 0 aromatic heterocycles. The summed E-state index contributed by atoms with van der Waals surface area (Å²) in [4.78, 5) is 2.45. The molecule has 4 heteroatoms. The van der Waals surface area contributed by atoms with E-state index in [-0.39, 0.29) is 0 Å². The van der Waals surface area contributed by atoms with Crippen molar-refractivity contribution in [3.8, 4) is 0 Å². The lowest BCUT2D eigenvalue weighted by Gasteiger charge is -2.21. The van der Waals surface area contributed by atoms with Gasteiger partial charge in [-0.25, -0.2) is 0 Å². The van der Waals surface area contributed by atoms with E-state index >= 15 is 0 Å². The number of hydrogen-bond donors (Lipinski definition) is 1. The highest BCUT2D eigenvalue weighted by atomic mass is 16.5. The summed E-state index contributed by atoms with van der Waals surface area (Å²) >= 11 is 0. The zero-order valence-corrected chi connectivity index (χ0v) is 11.8. The minimum absolute atomic E-state index is 0.815. The van der Waals surface area contributed by atoms with Gasteiger partial charge in [-0.15, -0.1) is 0 Å². The van der Waals surface area contributed by atoms with Crippen LogP contribution < -0.4 is 5.32 Å². The molecule has 0 aliphatic rings. The van der Waals surface area contributed by atoms with Gasteiger partial charge in [0.15, 0.2) is 0 Å². The van der Waals surface area contributed by atoms with Crippen molar-refractivity contribution in [1.29, 1.82) is 0 Å². The van der Waals surface area contributed by atoms with Gasteiger partial charge < -0.3 is 19.7 Å². The predicted octanol–water partition coefficient (Wildman–Crippen LogP) is 1.36. The smallest absolute Gasteiger partial charge is 0.0589 e. The molecule has 0 amide bonds. The second kappa shape index (κ2) is 13.9. The predicted molar refractivity (Wildman–Crippen MR) is 72.6 cm³/mol. The number of nitrogens with zero attached hydrogens (tertiary/aromatic N) is 1. The molecule has 104 valence electrons. The van der Waals surface area contributed by atoms with Gasteiger partial charge in [-0.2, -0.15) is 0 Å². The van der Waals surface area contributed by atoms with Crippen LogP contribution in [-0.2, 0) is 9.47 Å². The molecular weight excluding hydrogens is 216 g/mol. The summed E-state index contributed by atoms with van der Waals surface area (Å²) in [6.07, 6.45) is 3.51. The van der Waals surface area contributed by atoms with E-state index in [0.717, 1.165) is 52.4 Å². The first kappa shape index (κ1) is 16.8. The first-order chi connectivity index (χ1) is 8.35. The molecule has 1 N–H and O–H groups in total. The maximum absolute atomic E-state index is 5.13. The van der Waals surface area contributed by atoms with E-state index in [0.29, 0.717) is 0 Å². The third kappa shape index (κ3) is 12.1. The van der Waals surface area contributed by atoms with Gasteiger partial charge >= 0.3 is 0 Å². The van der Waals surface area contributed by atoms with Crippen LogP contribution in [0.4, 0.5) is 0 Å². The van der Waals surface area contributed by atoms with Crippen molar-refractivity contribution in [3.63, 3.8) is 0 Å². The maximum Gasteiger partial charge on any atom is 0.0589 e. The number of rotatable bonds is 13. The van der Waals surface area contributed by atoms with E-state index in [2.05, 4.69) is 17.1 Å². The van der Waals surface area contributed by atoms with Gasteiger partial charge in [0.1, 0.15) is 0 Å². The highest BCUT2D eigenvalue weighted by molar-refractivity contribution is 4.59. The molecule has 0 aliphatic carbocycles. The van der Waals surface area contributed by atoms with E-state index < -0.39 is 0 Å². The van der Waals surface area contributed by atoms with Crippen LogP contribution in [0.1, 0.15) is 26.2 Å². The van der Waals surface area contributed by atoms with E-state index in [4.69, 9.17) is 9.47 Å². The Bertz CT molecular complexity index is 145. The van der Waals surface area contributed by atoms with Crippen LogP contribution in [0.5, 0.6) is 0 Å². The van der Waals surface area contributed by atoms with Gasteiger partial charge in [-0.3, -0.25) is 0 Å². The van der Waals surface area contributed by atoms with Crippen LogP contribution in [0.25, 0.3) is 0 Å². The minimum Gasteiger partial charge on any atom is -0.385 e. The van der Waals surface area contributed by atoms with Crippen molar-refractivity contribution in [1.82, 2.24) is 10.2 Å². The summed E-state index contributed by atoms with van der Waals surface area (Å²) in [6.45, 7) is 9.36. The van der Waals surface area contributed by atoms with Gasteiger partial charge in [-0.1, -0.05) is 6.92 Å². The average molecular weight is 246 g/mol. The Hall–Kier alpha value is -0.160. The first-order valence-electron chi connectivity index (χ1n) is 6.76. The average Bonchev–Trinajstić information content (AvgIpc) is 2.35. The molecule has 0 spiro atoms. The molecule has 0 bridgehead atoms. The first-order valence-corrected chi connectivity index (χ1v) is 6.76. The Kier molecular flexibility index (Phi) is 13.8. The van der Waals surface area contributed by atoms with Gasteiger partial charge in [-0.05, 0) is 38.9 Å². The van der Waals surface area contributed by atoms with Gasteiger partial charge in [0.25, 0.3) is 0 Å². The molecule has 0 radical (unpaired) electrons. The van der Waals surface area contributed by atoms with Crippen LogP contribution in [0.2, 0.25) is 0 Å². The Morgan fingerprint density at radius 2 is 1.59 bits per heavy atom. The third-order valence-electron chi connectivity index (χ3n) is 2.69. The van der Waals surface area contributed by atoms with E-state index in [1.54, 1.807) is 14.2 Å². The van der Waals surface area contributed by atoms with Crippen molar-refractivity contribution in [2.75, 3.05) is 60.2 Å². The Balaban J connectivity index is 3.53. The fraction of sp³-hybridized carbons (Fsp3) is 1.00. The normalized spacial score (nSPS) is 11.3. The zero-order chi connectivity index (χ0) is 12.8. The quantitative estimate of drug-likeness (QED) is 0.498. The number of hydrogen-bond acceptors (Lipinski definition) is 4. The van der Waals surface area contributed by atoms with Crippen LogP contribution in [0, 0.1) is 0 Å². The summed E-state index contributed by atoms with van der Waals surface area (Å²) in [6, 6.07) is 0. The van der Waals surface area contributed by atoms with Crippen molar-refractivity contribution in [2.24, 2.45) is 0 Å². The van der Waals surface area contributed by atoms with E-state index in [1.807, 2.05) is 0 Å². The fourth-order valence-electron chi connectivity index (χ4n) is 1.72. The lowest BCUT2D eigenvalue weighted by atomic mass is 10.3. The summed E-state index contributed by atoms with van der Waals surface area (Å²) in [7, 11) is 3.52. The van der Waals surface area contributed by atoms with Crippen LogP contribution in [0.3, 0.4) is 0 Å². The van der Waals surface area contributed by atoms with E-state index in [1.165, 1.54) is 12.8 Å². The SMILES string of the molecule is CCCNCCCN(CCCOC)CCOC. The summed E-state index contributed by atoms with van der Waals surface area (Å²) < 4.78 is 10.2. The maximum atomic E-state index is 5.13. The standard InChI is InChI=1S/C13H30N2O2/c1-4-7-14-8-5-9-15(11-13-17-3)10-6-12-16-2/h14H,4-13H2,1-3H3. The molecule has 4 nitrogen and oxygen atoms in total. The van der Waals surface area contributed by atoms with Crippen molar-refractivity contribution in [3.05, 3.63) is 0 Å². The van der Waals surface area contributed by atoms with E-state index in [9.17, 15) is 0 Å². The summed E-state index contributed by atoms with van der Waals surface area (Å²) in [5.41, 5.74) is 0. The molecular formula is C13H30N2O2. The minimum atomic E-state index is 0.815. The molecule has 0 atom stereocenters. The highest BCUT2D eigenvalue weighted by Gasteiger charge is 2.03. The highest BCUT2D eigenvalue weighted by Crippen LogP contribution is 1.95. The molecule has 0 aliphatic heterocycles. The van der Waals surface area contributed by atoms with Crippen LogP contribution >= 0.6 is 0 Å². The van der Waals surface area contributed by atoms with Crippen molar-refractivity contribution in [2.45, 2.75) is 26.2 Å². The molecule has 0 aromatic rings. The Morgan fingerprint density at radius 3 is 2.24 bits per heavy atom. The summed E-state index contributed by atoms with van der Waals surface area (Å²) in [5, 5.41) is 3.43. The Labute approximate surface area is 107 Å². The van der Waals surface area contributed by atoms with Crippen LogP contribution in [-0.4, -0.2) is 65.1 Å². The number of nitrogens with one attached hydrogen (secondary N) is 1. The number of ether oxygens (including phenoxy) is 2. The molecule has 0 saturated carbocycles. The lowest BCUT2D eigenvalue weighted by molar-refractivity contribution is 0.132. The molecule has 0 heterocycles. The van der Waals surface area contributed by atoms with Gasteiger partial charge in [0, 0.05) is 33.9 Å². The largest absolute Gasteiger partial charge is 0.385 e. The molecule has 17 heavy (non-hydrogen) atoms. The fourth-order valence-corrected chi connectivity index (χ4v) is 1.72. The lowest BCUT2D eigenvalue weighted by Crippen LogP contribution is -2.32. The van der Waals surface area contributed by atoms with Gasteiger partial charge in [0.05, 0.1) is 6.61 Å². The Morgan fingerprint density at radius 1 is 0.882 bits per heavy atom. The van der Waals surface area contributed by atoms with Gasteiger partial charge in [0.2, 0.25) is 0 Å². The number of methoxy groups -OCH3 is 2. The van der Waals surface area contributed by atoms with Crippen LogP contribution in [0.15, 0.2) is 0 Å². The molecule has 0 aromatic carbocycles. The van der Waals surface area contributed by atoms with Crippen molar-refractivity contribution >= 4 is 0 Å². The second-order valence-electron chi connectivity index (χ2n) is 4.28. The topological polar surface area (TPSA) is 33.7 Å².